The standard InChI is InChI=1S/C23H37NO7/c1-16-8-5-11-21(25)24-13-7-10-18(24)23(27)31-15-20(29-4)17(2)9-6-12-22(26)30-14-19(16)28-3/h5,8,16-20H,6-7,9-15H2,1-4H3/t16-,17+,18-,19-,20+/m0/s1. The van der Waals surface area contributed by atoms with Crippen molar-refractivity contribution < 1.29 is 33.3 Å². The van der Waals surface area contributed by atoms with Crippen molar-refractivity contribution in [3.05, 3.63) is 12.2 Å². The Balaban J connectivity index is 2.12. The van der Waals surface area contributed by atoms with Gasteiger partial charge in [0.25, 0.3) is 0 Å². The van der Waals surface area contributed by atoms with Crippen LogP contribution in [0.1, 0.15) is 52.4 Å². The lowest BCUT2D eigenvalue weighted by atomic mass is 9.98. The normalized spacial score (nSPS) is 32.5. The maximum absolute atomic E-state index is 12.7. The third-order valence-corrected chi connectivity index (χ3v) is 6.24. The number of ether oxygens (including phenoxy) is 4. The number of fused-ring (bicyclic) bond motifs is 1. The molecule has 0 unspecified atom stereocenters. The van der Waals surface area contributed by atoms with Gasteiger partial charge >= 0.3 is 11.9 Å². The number of rotatable bonds is 2. The van der Waals surface area contributed by atoms with Crippen LogP contribution in [0.5, 0.6) is 0 Å². The van der Waals surface area contributed by atoms with Gasteiger partial charge in [-0.25, -0.2) is 4.79 Å². The van der Waals surface area contributed by atoms with Crippen LogP contribution in [0.4, 0.5) is 0 Å². The molecule has 176 valence electrons. The average molecular weight is 440 g/mol. The number of amides is 1. The minimum absolute atomic E-state index is 0.0329. The summed E-state index contributed by atoms with van der Waals surface area (Å²) in [7, 11) is 3.17. The zero-order valence-electron chi connectivity index (χ0n) is 19.2. The number of nitrogens with zero attached hydrogens (tertiary/aromatic N) is 1. The van der Waals surface area contributed by atoms with E-state index in [4.69, 9.17) is 18.9 Å². The number of carbonyl (C=O) groups is 3. The fourth-order valence-electron chi connectivity index (χ4n) is 4.10. The molecule has 0 aliphatic carbocycles. The highest BCUT2D eigenvalue weighted by molar-refractivity contribution is 5.85. The molecule has 0 radical (unpaired) electrons. The summed E-state index contributed by atoms with van der Waals surface area (Å²) in [6.45, 7) is 4.82. The van der Waals surface area contributed by atoms with Crippen LogP contribution in [-0.4, -0.2) is 75.0 Å². The Hall–Kier alpha value is -1.93. The Kier molecular flexibility index (Phi) is 10.5. The summed E-state index contributed by atoms with van der Waals surface area (Å²) in [6, 6.07) is -0.536. The molecular formula is C23H37NO7. The molecule has 0 saturated carbocycles. The van der Waals surface area contributed by atoms with Gasteiger partial charge in [0, 0.05) is 39.5 Å². The van der Waals surface area contributed by atoms with E-state index < -0.39 is 6.04 Å². The van der Waals surface area contributed by atoms with Crippen molar-refractivity contribution in [3.63, 3.8) is 0 Å². The molecule has 8 nitrogen and oxygen atoms in total. The van der Waals surface area contributed by atoms with Crippen molar-refractivity contribution in [2.45, 2.75) is 70.6 Å². The maximum Gasteiger partial charge on any atom is 0.328 e. The van der Waals surface area contributed by atoms with Crippen molar-refractivity contribution in [3.8, 4) is 0 Å². The van der Waals surface area contributed by atoms with Crippen LogP contribution in [0.15, 0.2) is 12.2 Å². The van der Waals surface area contributed by atoms with Crippen molar-refractivity contribution >= 4 is 17.8 Å². The predicted molar refractivity (Wildman–Crippen MR) is 114 cm³/mol. The van der Waals surface area contributed by atoms with Gasteiger partial charge in [-0.3, -0.25) is 9.59 Å². The van der Waals surface area contributed by atoms with Gasteiger partial charge < -0.3 is 23.8 Å². The lowest BCUT2D eigenvalue weighted by Crippen LogP contribution is -2.42. The smallest absolute Gasteiger partial charge is 0.328 e. The summed E-state index contributed by atoms with van der Waals surface area (Å²) in [5.74, 6) is -0.671. The van der Waals surface area contributed by atoms with Crippen LogP contribution in [-0.2, 0) is 33.3 Å². The second-order valence-corrected chi connectivity index (χ2v) is 8.47. The van der Waals surface area contributed by atoms with Crippen molar-refractivity contribution in [1.29, 1.82) is 0 Å². The van der Waals surface area contributed by atoms with Crippen LogP contribution in [0, 0.1) is 11.8 Å². The SMILES string of the molecule is CO[C@H]1COC(=O)CCC[C@@H](C)[C@H](OC)COC(=O)[C@@H]2CCCN2C(=O)CC=C[C@@H]1C. The van der Waals surface area contributed by atoms with Gasteiger partial charge in [-0.1, -0.05) is 26.0 Å². The summed E-state index contributed by atoms with van der Waals surface area (Å²) >= 11 is 0. The molecule has 31 heavy (non-hydrogen) atoms. The zero-order valence-corrected chi connectivity index (χ0v) is 19.2. The third kappa shape index (κ3) is 7.61. The first-order valence-corrected chi connectivity index (χ1v) is 11.2. The second kappa shape index (κ2) is 12.8. The van der Waals surface area contributed by atoms with Crippen LogP contribution in [0.2, 0.25) is 0 Å². The number of methoxy groups -OCH3 is 2. The quantitative estimate of drug-likeness (QED) is 0.482. The molecule has 0 N–H and O–H groups in total. The maximum atomic E-state index is 12.7. The molecule has 0 aromatic rings. The van der Waals surface area contributed by atoms with Crippen LogP contribution in [0.25, 0.3) is 0 Å². The fourth-order valence-corrected chi connectivity index (χ4v) is 4.10. The summed E-state index contributed by atoms with van der Waals surface area (Å²) in [6.07, 6.45) is 6.43. The number of esters is 2. The molecule has 2 rings (SSSR count). The van der Waals surface area contributed by atoms with E-state index in [1.165, 1.54) is 0 Å². The van der Waals surface area contributed by atoms with Gasteiger partial charge in [0.1, 0.15) is 19.3 Å². The Bertz CT molecular complexity index is 635. The van der Waals surface area contributed by atoms with E-state index >= 15 is 0 Å². The first-order valence-electron chi connectivity index (χ1n) is 11.2. The van der Waals surface area contributed by atoms with Gasteiger partial charge in [-0.15, -0.1) is 0 Å². The topological polar surface area (TPSA) is 91.4 Å². The lowest BCUT2D eigenvalue weighted by Gasteiger charge is -2.26. The van der Waals surface area contributed by atoms with Gasteiger partial charge in [-0.05, 0) is 31.6 Å². The monoisotopic (exact) mass is 439 g/mol. The molecule has 5 atom stereocenters. The Morgan fingerprint density at radius 1 is 0.968 bits per heavy atom. The van der Waals surface area contributed by atoms with Gasteiger partial charge in [0.2, 0.25) is 5.91 Å². The van der Waals surface area contributed by atoms with Crippen molar-refractivity contribution in [2.75, 3.05) is 34.0 Å². The summed E-state index contributed by atoms with van der Waals surface area (Å²) < 4.78 is 21.9. The predicted octanol–water partition coefficient (Wildman–Crippen LogP) is 2.50. The number of hydrogen-bond donors (Lipinski definition) is 0. The minimum atomic E-state index is -0.536. The van der Waals surface area contributed by atoms with E-state index in [2.05, 4.69) is 0 Å². The van der Waals surface area contributed by atoms with Crippen LogP contribution in [0.3, 0.4) is 0 Å². The average Bonchev–Trinajstić information content (AvgIpc) is 3.24. The van der Waals surface area contributed by atoms with E-state index in [0.717, 1.165) is 12.8 Å². The highest BCUT2D eigenvalue weighted by atomic mass is 16.6. The number of hydrogen-bond acceptors (Lipinski definition) is 7. The Morgan fingerprint density at radius 2 is 1.68 bits per heavy atom. The molecule has 8 heteroatoms. The molecule has 0 bridgehead atoms. The van der Waals surface area contributed by atoms with Gasteiger partial charge in [-0.2, -0.15) is 0 Å². The van der Waals surface area contributed by atoms with Crippen molar-refractivity contribution in [1.82, 2.24) is 4.90 Å². The molecule has 1 saturated heterocycles. The van der Waals surface area contributed by atoms with E-state index in [-0.39, 0.29) is 61.5 Å². The van der Waals surface area contributed by atoms with Gasteiger partial charge in [0.05, 0.1) is 12.2 Å². The first-order chi connectivity index (χ1) is 14.9. The number of cyclic esters (lactones) is 2. The second-order valence-electron chi connectivity index (χ2n) is 8.47. The first kappa shape index (κ1) is 25.3. The van der Waals surface area contributed by atoms with E-state index in [9.17, 15) is 14.4 Å². The molecule has 2 heterocycles. The van der Waals surface area contributed by atoms with Crippen LogP contribution < -0.4 is 0 Å². The summed E-state index contributed by atoms with van der Waals surface area (Å²) in [5, 5.41) is 0. The lowest BCUT2D eigenvalue weighted by molar-refractivity contribution is -0.157. The largest absolute Gasteiger partial charge is 0.463 e. The highest BCUT2D eigenvalue weighted by Gasteiger charge is 2.35. The molecule has 1 amide bonds. The van der Waals surface area contributed by atoms with Gasteiger partial charge in [0.15, 0.2) is 0 Å². The fraction of sp³-hybridized carbons (Fsp3) is 0.783. The molecule has 2 aliphatic rings. The molecule has 0 spiro atoms. The number of carbonyl (C=O) groups excluding carboxylic acids is 3. The Morgan fingerprint density at radius 3 is 2.39 bits per heavy atom. The molecule has 0 aromatic heterocycles. The van der Waals surface area contributed by atoms with Crippen LogP contribution >= 0.6 is 0 Å². The Labute approximate surface area is 185 Å². The van der Waals surface area contributed by atoms with E-state index in [1.807, 2.05) is 19.9 Å². The molecule has 2 aliphatic heterocycles. The minimum Gasteiger partial charge on any atom is -0.463 e. The molecule has 0 aromatic carbocycles. The zero-order chi connectivity index (χ0) is 22.8. The summed E-state index contributed by atoms with van der Waals surface area (Å²) in [4.78, 5) is 39.1. The van der Waals surface area contributed by atoms with Crippen molar-refractivity contribution in [2.24, 2.45) is 11.8 Å². The van der Waals surface area contributed by atoms with E-state index in [1.54, 1.807) is 25.2 Å². The van der Waals surface area contributed by atoms with E-state index in [0.29, 0.717) is 25.8 Å². The molecule has 1 fully saturated rings. The molecular weight excluding hydrogens is 402 g/mol. The third-order valence-electron chi connectivity index (χ3n) is 6.24. The highest BCUT2D eigenvalue weighted by Crippen LogP contribution is 2.22. The summed E-state index contributed by atoms with van der Waals surface area (Å²) in [5.41, 5.74) is 0.